The average Bonchev–Trinajstić information content (AvgIpc) is 4.20. The van der Waals surface area contributed by atoms with E-state index in [-0.39, 0.29) is 30.1 Å². The van der Waals surface area contributed by atoms with Gasteiger partial charge in [-0.3, -0.25) is 19.7 Å². The van der Waals surface area contributed by atoms with Gasteiger partial charge in [-0.2, -0.15) is 15.1 Å². The van der Waals surface area contributed by atoms with E-state index in [4.69, 9.17) is 24.0 Å². The summed E-state index contributed by atoms with van der Waals surface area (Å²) in [6, 6.07) is 4.37. The number of hydrogen-bond acceptors (Lipinski definition) is 17. The number of nitrogens with zero attached hydrogens (tertiary/aromatic N) is 7. The van der Waals surface area contributed by atoms with Gasteiger partial charge in [0.05, 0.1) is 12.2 Å². The largest absolute Gasteiger partial charge is 0.503 e. The molecule has 6 heterocycles. The molecule has 422 valence electrons. The van der Waals surface area contributed by atoms with Crippen molar-refractivity contribution in [3.8, 4) is 5.75 Å². The van der Waals surface area contributed by atoms with Gasteiger partial charge in [-0.15, -0.1) is 0 Å². The molecule has 0 bridgehead atoms. The van der Waals surface area contributed by atoms with Crippen molar-refractivity contribution in [3.63, 3.8) is 0 Å². The number of halogens is 2. The minimum absolute atomic E-state index is 0. The van der Waals surface area contributed by atoms with E-state index in [1.165, 1.54) is 12.4 Å². The van der Waals surface area contributed by atoms with Gasteiger partial charge in [0.25, 0.3) is 0 Å². The van der Waals surface area contributed by atoms with Crippen molar-refractivity contribution in [2.45, 2.75) is 156 Å². The number of amidine groups is 3. The first-order valence-electron chi connectivity index (χ1n) is 24.9. The number of aryl methyl sites for hydroxylation is 1. The van der Waals surface area contributed by atoms with Crippen LogP contribution in [0.25, 0.3) is 0 Å². The van der Waals surface area contributed by atoms with E-state index in [0.29, 0.717) is 70.5 Å². The number of aliphatic imine (C=N–C) groups is 4. The summed E-state index contributed by atoms with van der Waals surface area (Å²) in [5.41, 5.74) is 8.47. The minimum Gasteiger partial charge on any atom is -0.503 e. The first kappa shape index (κ1) is 68.8. The summed E-state index contributed by atoms with van der Waals surface area (Å²) in [5, 5.41) is 22.3. The van der Waals surface area contributed by atoms with Crippen molar-refractivity contribution in [2.24, 2.45) is 43.6 Å². The molecule has 0 saturated carbocycles. The summed E-state index contributed by atoms with van der Waals surface area (Å²) >= 11 is 0. The predicted molar refractivity (Wildman–Crippen MR) is 303 cm³/mol. The summed E-state index contributed by atoms with van der Waals surface area (Å²) in [5.74, 6) is 7.13. The number of hydroxylamine groups is 2. The maximum atomic E-state index is 13.0. The molecular weight excluding hydrogens is 977 g/mol. The highest BCUT2D eigenvalue weighted by atomic mass is 19.1. The minimum atomic E-state index is -0.920. The van der Waals surface area contributed by atoms with Crippen LogP contribution in [0, 0.1) is 49.2 Å². The smallest absolute Gasteiger partial charge is 0.240 e. The second-order valence-corrected chi connectivity index (χ2v) is 19.9. The molecule has 0 unspecified atom stereocenters. The van der Waals surface area contributed by atoms with Crippen LogP contribution < -0.4 is 27.1 Å². The Kier molecular flexibility index (Phi) is 30.4. The number of H-pyrrole nitrogens is 1. The molecule has 0 atom stereocenters. The van der Waals surface area contributed by atoms with Gasteiger partial charge in [0.1, 0.15) is 47.7 Å². The zero-order valence-corrected chi connectivity index (χ0v) is 47.5. The highest BCUT2D eigenvalue weighted by molar-refractivity contribution is 5.87. The lowest BCUT2D eigenvalue weighted by molar-refractivity contribution is 0.176. The molecule has 18 nitrogen and oxygen atoms in total. The van der Waals surface area contributed by atoms with Gasteiger partial charge in [0.2, 0.25) is 22.6 Å². The molecule has 20 heteroatoms. The summed E-state index contributed by atoms with van der Waals surface area (Å²) in [4.78, 5) is 51.3. The molecule has 2 aromatic heterocycles. The van der Waals surface area contributed by atoms with Crippen LogP contribution in [0.15, 0.2) is 108 Å². The number of phenols is 1. The van der Waals surface area contributed by atoms with Crippen LogP contribution in [0.4, 0.5) is 8.78 Å². The molecule has 4 aliphatic heterocycles. The normalized spacial score (nSPS) is 13.9. The lowest BCUT2D eigenvalue weighted by atomic mass is 9.93. The molecule has 2 aromatic carbocycles. The highest BCUT2D eigenvalue weighted by Crippen LogP contribution is 2.27. The van der Waals surface area contributed by atoms with Crippen molar-refractivity contribution in [1.82, 2.24) is 36.6 Å². The zero-order valence-electron chi connectivity index (χ0n) is 47.5. The molecule has 76 heavy (non-hydrogen) atoms. The molecule has 0 aliphatic carbocycles. The highest BCUT2D eigenvalue weighted by Gasteiger charge is 2.19. The van der Waals surface area contributed by atoms with Gasteiger partial charge in [-0.05, 0) is 56.4 Å². The number of nitrogens with one attached hydrogen (secondary N) is 4. The van der Waals surface area contributed by atoms with E-state index < -0.39 is 17.4 Å². The van der Waals surface area contributed by atoms with Crippen molar-refractivity contribution in [1.29, 1.82) is 0 Å². The Labute approximate surface area is 449 Å². The summed E-state index contributed by atoms with van der Waals surface area (Å²) in [7, 11) is 0. The molecule has 0 radical (unpaired) electrons. The second-order valence-electron chi connectivity index (χ2n) is 19.9. The third kappa shape index (κ3) is 24.0. The van der Waals surface area contributed by atoms with E-state index in [9.17, 15) is 18.4 Å². The fourth-order valence-electron chi connectivity index (χ4n) is 5.89. The Hall–Kier alpha value is -7.25. The topological polar surface area (TPSA) is 235 Å². The molecule has 4 aliphatic rings. The number of benzene rings is 1. The Bertz CT molecular complexity index is 2590. The molecule has 0 spiro atoms. The predicted octanol–water partition coefficient (Wildman–Crippen LogP) is 12.0. The molecule has 0 amide bonds. The number of rotatable bonds is 8. The lowest BCUT2D eigenvalue weighted by Crippen LogP contribution is -2.38. The zero-order chi connectivity index (χ0) is 57.4. The third-order valence-electron chi connectivity index (χ3n) is 10.3. The third-order valence-corrected chi connectivity index (χ3v) is 10.3. The van der Waals surface area contributed by atoms with E-state index in [1.807, 2.05) is 54.5 Å². The molecule has 8 rings (SSSR count). The molecule has 5 N–H and O–H groups in total. The maximum absolute atomic E-state index is 13.0. The first-order chi connectivity index (χ1) is 34.9. The van der Waals surface area contributed by atoms with Crippen molar-refractivity contribution in [3.05, 3.63) is 140 Å². The Balaban J connectivity index is 0.000000846. The Morgan fingerprint density at radius 1 is 0.658 bits per heavy atom. The van der Waals surface area contributed by atoms with Gasteiger partial charge in [0, 0.05) is 52.5 Å². The molecule has 0 fully saturated rings. The quantitative estimate of drug-likeness (QED) is 0.103. The summed E-state index contributed by atoms with van der Waals surface area (Å²) in [6.07, 6.45) is 1.52. The number of hydrogen-bond donors (Lipinski definition) is 5. The fraction of sp³-hybridized carbons (Fsp3) is 0.518. The number of aromatic nitrogens is 4. The molecule has 4 aromatic rings. The van der Waals surface area contributed by atoms with Gasteiger partial charge in [0.15, 0.2) is 23.3 Å². The number of ether oxygens (including phenoxy) is 1. The van der Waals surface area contributed by atoms with Crippen LogP contribution in [-0.2, 0) is 14.4 Å². The summed E-state index contributed by atoms with van der Waals surface area (Å²) in [6.45, 7) is 51.6. The van der Waals surface area contributed by atoms with Gasteiger partial charge in [-0.1, -0.05) is 143 Å². The van der Waals surface area contributed by atoms with E-state index in [1.54, 1.807) is 20.8 Å². The molecule has 0 saturated heterocycles. The number of aromatic hydroxyl groups is 1. The van der Waals surface area contributed by atoms with Gasteiger partial charge < -0.3 is 29.4 Å². The standard InChI is InChI=1S/C9H10F2O.C8H10O2.C7H12N2.2C7H11NO.2C6H10N2O.C5H9N3.CH4/c1-5(2)6-3-4-7(10)9(12)8(6)11;1-4(2)6-5(3)7(9)8(6)10;2*1-5(2)7-8-4-6(3)9-7;1-5(2)7-4-6(3)9-8-7;2*1-4(2)6-7-5(3)9-8-6;1-4(2)5-6-3-7-8-5;/h3-5,12H,1-2H3;4H,1-3H3;5H,3-4H2,1-2H3,(H,8,9);5H,3-4H2,1-2H3;4-5H,1-3H3;2*4H,3H2,1-2H3,(H,7,8);3-4H,1-2H3,(H,6,7,8);1H4. The van der Waals surface area contributed by atoms with Crippen molar-refractivity contribution < 1.29 is 32.8 Å². The van der Waals surface area contributed by atoms with Gasteiger partial charge >= 0.3 is 0 Å². The maximum Gasteiger partial charge on any atom is 0.240 e. The van der Waals surface area contributed by atoms with Crippen molar-refractivity contribution >= 4 is 23.4 Å². The second kappa shape index (κ2) is 33.6. The SMILES string of the molecule is C.C=C1CN=C(C(C)C)N1.C=C1CN=C(C(C)C)O1.C=C1N=C(C(C)C)NO1.C=C1N=C(C(C)C)NO1.CC(C)c1ccc(F)c(O)c1F.CC(C)c1ncn[nH]1.Cc1c(C(C)C)c(=O)c1=O.Cc1cc(C(C)C)no1. The summed E-state index contributed by atoms with van der Waals surface area (Å²) < 4.78 is 35.6. The van der Waals surface area contributed by atoms with Crippen LogP contribution in [0.2, 0.25) is 0 Å². The van der Waals surface area contributed by atoms with E-state index in [2.05, 4.69) is 138 Å². The van der Waals surface area contributed by atoms with Crippen molar-refractivity contribution in [2.75, 3.05) is 13.1 Å². The monoisotopic (exact) mass is 1060 g/mol. The van der Waals surface area contributed by atoms with E-state index >= 15 is 0 Å². The lowest BCUT2D eigenvalue weighted by Gasteiger charge is -2.08. The van der Waals surface area contributed by atoms with E-state index in [0.717, 1.165) is 64.8 Å². The average molecular weight is 1060 g/mol. The number of aromatic amines is 1. The van der Waals surface area contributed by atoms with Crippen LogP contribution in [0.5, 0.6) is 5.75 Å². The molecular formula is C56H87F2N11O7. The Morgan fingerprint density at radius 2 is 1.20 bits per heavy atom. The van der Waals surface area contributed by atoms with Gasteiger partial charge in [-0.25, -0.2) is 29.7 Å². The first-order valence-corrected chi connectivity index (χ1v) is 24.9. The van der Waals surface area contributed by atoms with Crippen LogP contribution in [0.3, 0.4) is 0 Å². The van der Waals surface area contributed by atoms with Crippen LogP contribution >= 0.6 is 0 Å². The van der Waals surface area contributed by atoms with Crippen LogP contribution in [0.1, 0.15) is 176 Å². The van der Waals surface area contributed by atoms with Crippen LogP contribution in [-0.4, -0.2) is 61.9 Å². The number of phenolic OH excluding ortho intramolecular Hbond substituents is 1. The fourth-order valence-corrected chi connectivity index (χ4v) is 5.89. The Morgan fingerprint density at radius 3 is 1.43 bits per heavy atom.